The van der Waals surface area contributed by atoms with E-state index in [1.54, 1.807) is 18.0 Å². The molecule has 3 N–H and O–H groups in total. The minimum atomic E-state index is -3.01. The molecule has 1 rings (SSSR count). The molecule has 0 saturated carbocycles. The maximum Gasteiger partial charge on any atom is 0.238 e. The third kappa shape index (κ3) is 6.65. The van der Waals surface area contributed by atoms with Gasteiger partial charge in [0.25, 0.3) is 0 Å². The van der Waals surface area contributed by atoms with Crippen LogP contribution in [0.4, 0.5) is 5.69 Å². The average Bonchev–Trinajstić information content (AvgIpc) is 2.35. The molecule has 0 radical (unpaired) electrons. The van der Waals surface area contributed by atoms with E-state index in [1.807, 2.05) is 18.2 Å². The summed E-state index contributed by atoms with van der Waals surface area (Å²) >= 11 is 0. The van der Waals surface area contributed by atoms with E-state index in [0.717, 1.165) is 5.56 Å². The fraction of sp³-hybridized carbons (Fsp3) is 0.462. The van der Waals surface area contributed by atoms with Crippen molar-refractivity contribution in [2.75, 3.05) is 37.5 Å². The van der Waals surface area contributed by atoms with Crippen LogP contribution in [0, 0.1) is 0 Å². The Labute approximate surface area is 119 Å². The first kappa shape index (κ1) is 16.6. The molecule has 1 aromatic rings. The van der Waals surface area contributed by atoms with E-state index >= 15 is 0 Å². The number of nitrogens with two attached hydrogens (primary N) is 1. The first-order valence-electron chi connectivity index (χ1n) is 6.25. The Morgan fingerprint density at radius 3 is 2.70 bits per heavy atom. The number of carbonyl (C=O) groups is 1. The smallest absolute Gasteiger partial charge is 0.238 e. The lowest BCUT2D eigenvalue weighted by Gasteiger charge is -2.15. The highest BCUT2D eigenvalue weighted by Gasteiger charge is 2.10. The molecule has 7 heteroatoms. The van der Waals surface area contributed by atoms with Gasteiger partial charge in [-0.05, 0) is 24.7 Å². The van der Waals surface area contributed by atoms with E-state index in [1.165, 1.54) is 6.26 Å². The highest BCUT2D eigenvalue weighted by molar-refractivity contribution is 7.90. The largest absolute Gasteiger partial charge is 0.326 e. The van der Waals surface area contributed by atoms with Gasteiger partial charge in [0, 0.05) is 25.0 Å². The Bertz CT molecular complexity index is 558. The third-order valence-corrected chi connectivity index (χ3v) is 3.63. The molecule has 0 unspecified atom stereocenters. The summed E-state index contributed by atoms with van der Waals surface area (Å²) in [6.07, 6.45) is 1.18. The Morgan fingerprint density at radius 1 is 1.40 bits per heavy atom. The molecule has 0 fully saturated rings. The second kappa shape index (κ2) is 7.37. The fourth-order valence-corrected chi connectivity index (χ4v) is 2.27. The second-order valence-corrected chi connectivity index (χ2v) is 7.08. The van der Waals surface area contributed by atoms with Gasteiger partial charge in [0.2, 0.25) is 5.91 Å². The molecule has 0 spiro atoms. The van der Waals surface area contributed by atoms with Gasteiger partial charge in [-0.15, -0.1) is 0 Å². The second-order valence-electron chi connectivity index (χ2n) is 4.82. The van der Waals surface area contributed by atoms with E-state index < -0.39 is 9.84 Å². The summed E-state index contributed by atoms with van der Waals surface area (Å²) in [6.45, 7) is 0.884. The number of hydrogen-bond donors (Lipinski definition) is 2. The van der Waals surface area contributed by atoms with Crippen molar-refractivity contribution in [3.8, 4) is 0 Å². The number of hydrogen-bond acceptors (Lipinski definition) is 5. The van der Waals surface area contributed by atoms with Gasteiger partial charge in [0.1, 0.15) is 9.84 Å². The number of benzene rings is 1. The summed E-state index contributed by atoms with van der Waals surface area (Å²) in [5.74, 6) is -0.144. The van der Waals surface area contributed by atoms with Crippen LogP contribution in [0.5, 0.6) is 0 Å². The molecule has 20 heavy (non-hydrogen) atoms. The van der Waals surface area contributed by atoms with Gasteiger partial charge in [-0.25, -0.2) is 8.42 Å². The van der Waals surface area contributed by atoms with Crippen molar-refractivity contribution >= 4 is 21.4 Å². The van der Waals surface area contributed by atoms with Gasteiger partial charge in [-0.3, -0.25) is 9.69 Å². The zero-order valence-corrected chi connectivity index (χ0v) is 12.6. The topological polar surface area (TPSA) is 92.5 Å². The summed E-state index contributed by atoms with van der Waals surface area (Å²) in [5.41, 5.74) is 7.16. The van der Waals surface area contributed by atoms with Crippen molar-refractivity contribution < 1.29 is 13.2 Å². The monoisotopic (exact) mass is 299 g/mol. The molecule has 0 aliphatic carbocycles. The van der Waals surface area contributed by atoms with Gasteiger partial charge in [0.05, 0.1) is 12.3 Å². The molecule has 1 amide bonds. The maximum absolute atomic E-state index is 11.8. The first-order valence-corrected chi connectivity index (χ1v) is 8.31. The van der Waals surface area contributed by atoms with Crippen LogP contribution >= 0.6 is 0 Å². The van der Waals surface area contributed by atoms with E-state index in [-0.39, 0.29) is 18.2 Å². The lowest BCUT2D eigenvalue weighted by atomic mass is 10.2. The summed E-state index contributed by atoms with van der Waals surface area (Å²) in [5, 5.41) is 2.76. The third-order valence-electron chi connectivity index (χ3n) is 2.70. The summed E-state index contributed by atoms with van der Waals surface area (Å²) in [4.78, 5) is 13.5. The van der Waals surface area contributed by atoms with Crippen LogP contribution in [0.2, 0.25) is 0 Å². The molecule has 0 aliphatic heterocycles. The fourth-order valence-electron chi connectivity index (χ4n) is 1.62. The lowest BCUT2D eigenvalue weighted by Crippen LogP contribution is -2.33. The standard InChI is InChI=1S/C13H21N3O3S/c1-16(6-7-20(2,18)19)10-13(17)15-12-5-3-4-11(8-12)9-14/h3-5,8H,6-7,9-10,14H2,1-2H3,(H,15,17). The predicted molar refractivity (Wildman–Crippen MR) is 80.2 cm³/mol. The Hall–Kier alpha value is -1.44. The van der Waals surface area contributed by atoms with E-state index in [9.17, 15) is 13.2 Å². The van der Waals surface area contributed by atoms with Gasteiger partial charge in [0.15, 0.2) is 0 Å². The van der Waals surface area contributed by atoms with Gasteiger partial charge >= 0.3 is 0 Å². The molecule has 1 aromatic carbocycles. The number of nitrogens with one attached hydrogen (secondary N) is 1. The lowest BCUT2D eigenvalue weighted by molar-refractivity contribution is -0.117. The van der Waals surface area contributed by atoms with Gasteiger partial charge in [-0.1, -0.05) is 12.1 Å². The summed E-state index contributed by atoms with van der Waals surface area (Å²) in [6, 6.07) is 7.31. The zero-order valence-electron chi connectivity index (χ0n) is 11.8. The van der Waals surface area contributed by atoms with E-state index in [0.29, 0.717) is 18.8 Å². The van der Waals surface area contributed by atoms with Crippen LogP contribution in [-0.4, -0.2) is 51.4 Å². The van der Waals surface area contributed by atoms with Crippen molar-refractivity contribution in [2.24, 2.45) is 5.73 Å². The van der Waals surface area contributed by atoms with Gasteiger partial charge in [-0.2, -0.15) is 0 Å². The van der Waals surface area contributed by atoms with Crippen LogP contribution in [0.25, 0.3) is 0 Å². The molecular formula is C13H21N3O3S. The van der Waals surface area contributed by atoms with Crippen LogP contribution in [0.3, 0.4) is 0 Å². The zero-order chi connectivity index (χ0) is 15.2. The molecule has 0 saturated heterocycles. The predicted octanol–water partition coefficient (Wildman–Crippen LogP) is 0.0602. The average molecular weight is 299 g/mol. The molecule has 112 valence electrons. The normalized spacial score (nSPS) is 11.6. The number of nitrogens with zero attached hydrogens (tertiary/aromatic N) is 1. The number of carbonyl (C=O) groups excluding carboxylic acids is 1. The highest BCUT2D eigenvalue weighted by atomic mass is 32.2. The van der Waals surface area contributed by atoms with Crippen molar-refractivity contribution in [3.05, 3.63) is 29.8 Å². The molecule has 6 nitrogen and oxygen atoms in total. The van der Waals surface area contributed by atoms with Crippen LogP contribution in [-0.2, 0) is 21.2 Å². The Morgan fingerprint density at radius 2 is 2.10 bits per heavy atom. The van der Waals surface area contributed by atoms with Crippen molar-refractivity contribution in [1.82, 2.24) is 4.90 Å². The minimum absolute atomic E-state index is 0.0411. The maximum atomic E-state index is 11.8. The van der Waals surface area contributed by atoms with E-state index in [2.05, 4.69) is 5.32 Å². The summed E-state index contributed by atoms with van der Waals surface area (Å²) in [7, 11) is -1.30. The molecule has 0 aromatic heterocycles. The minimum Gasteiger partial charge on any atom is -0.326 e. The van der Waals surface area contributed by atoms with Crippen molar-refractivity contribution in [2.45, 2.75) is 6.54 Å². The number of rotatable bonds is 7. The van der Waals surface area contributed by atoms with Crippen LogP contribution in [0.15, 0.2) is 24.3 Å². The Kier molecular flexibility index (Phi) is 6.12. The molecular weight excluding hydrogens is 278 g/mol. The first-order chi connectivity index (χ1) is 9.30. The van der Waals surface area contributed by atoms with Crippen LogP contribution < -0.4 is 11.1 Å². The molecule has 0 heterocycles. The SMILES string of the molecule is CN(CCS(C)(=O)=O)CC(=O)Nc1cccc(CN)c1. The summed E-state index contributed by atoms with van der Waals surface area (Å²) < 4.78 is 22.1. The van der Waals surface area contributed by atoms with Crippen molar-refractivity contribution in [3.63, 3.8) is 0 Å². The van der Waals surface area contributed by atoms with Gasteiger partial charge < -0.3 is 11.1 Å². The molecule has 0 atom stereocenters. The van der Waals surface area contributed by atoms with Crippen LogP contribution in [0.1, 0.15) is 5.56 Å². The highest BCUT2D eigenvalue weighted by Crippen LogP contribution is 2.09. The number of sulfone groups is 1. The quantitative estimate of drug-likeness (QED) is 0.743. The molecule has 0 bridgehead atoms. The number of anilines is 1. The number of amides is 1. The number of likely N-dealkylation sites (N-methyl/N-ethyl adjacent to an activating group) is 1. The molecule has 0 aliphatic rings. The van der Waals surface area contributed by atoms with E-state index in [4.69, 9.17) is 5.73 Å². The Balaban J connectivity index is 2.46. The van der Waals surface area contributed by atoms with Crippen molar-refractivity contribution in [1.29, 1.82) is 0 Å².